The lowest BCUT2D eigenvalue weighted by molar-refractivity contribution is 0.469. The zero-order chi connectivity index (χ0) is 21.5. The number of nitrogens with two attached hydrogens (primary N) is 1. The van der Waals surface area contributed by atoms with Crippen LogP contribution in [0.3, 0.4) is 0 Å². The molecule has 0 aliphatic heterocycles. The molecule has 1 heterocycles. The molecule has 3 N–H and O–H groups in total. The summed E-state index contributed by atoms with van der Waals surface area (Å²) in [6.07, 6.45) is 2.89. The van der Waals surface area contributed by atoms with Gasteiger partial charge in [-0.1, -0.05) is 39.6 Å². The highest BCUT2D eigenvalue weighted by Crippen LogP contribution is 2.36. The van der Waals surface area contributed by atoms with Crippen molar-refractivity contribution in [3.63, 3.8) is 0 Å². The third-order valence-electron chi connectivity index (χ3n) is 5.41. The first kappa shape index (κ1) is 20.9. The fraction of sp³-hybridized carbons (Fsp3) is 0.292. The molecule has 29 heavy (non-hydrogen) atoms. The molecule has 3 aromatic rings. The van der Waals surface area contributed by atoms with Crippen LogP contribution in [0.4, 0.5) is 11.4 Å². The molecule has 2 aromatic carbocycles. The van der Waals surface area contributed by atoms with Gasteiger partial charge in [0.25, 0.3) is 0 Å². The largest absolute Gasteiger partial charge is 0.508 e. The van der Waals surface area contributed by atoms with E-state index in [0.29, 0.717) is 28.7 Å². The Balaban J connectivity index is 2.15. The Kier molecular flexibility index (Phi) is 5.71. The Morgan fingerprint density at radius 1 is 1.28 bits per heavy atom. The smallest absolute Gasteiger partial charge is 0.120 e. The van der Waals surface area contributed by atoms with E-state index in [2.05, 4.69) is 56.4 Å². The van der Waals surface area contributed by atoms with Gasteiger partial charge in [0.1, 0.15) is 5.75 Å². The first-order valence-corrected chi connectivity index (χ1v) is 10.3. The van der Waals surface area contributed by atoms with Crippen LogP contribution in [0.15, 0.2) is 43.1 Å². The van der Waals surface area contributed by atoms with E-state index < -0.39 is 0 Å². The number of phenolic OH excluding ortho intramolecular Hbond substituents is 1. The third kappa shape index (κ3) is 3.75. The van der Waals surface area contributed by atoms with Crippen molar-refractivity contribution in [3.8, 4) is 5.75 Å². The molecule has 152 valence electrons. The van der Waals surface area contributed by atoms with Gasteiger partial charge < -0.3 is 20.3 Å². The van der Waals surface area contributed by atoms with E-state index in [-0.39, 0.29) is 5.75 Å². The fourth-order valence-electron chi connectivity index (χ4n) is 3.84. The average molecular weight is 408 g/mol. The molecule has 1 aromatic heterocycles. The molecular formula is C24H29N3OS. The molecule has 0 radical (unpaired) electrons. The lowest BCUT2D eigenvalue weighted by Gasteiger charge is -2.27. The second-order valence-corrected chi connectivity index (χ2v) is 8.37. The minimum absolute atomic E-state index is 0.208. The summed E-state index contributed by atoms with van der Waals surface area (Å²) in [4.78, 5) is 2.63. The Morgan fingerprint density at radius 3 is 2.55 bits per heavy atom. The van der Waals surface area contributed by atoms with E-state index >= 15 is 0 Å². The van der Waals surface area contributed by atoms with Crippen molar-refractivity contribution in [2.45, 2.75) is 40.0 Å². The summed E-state index contributed by atoms with van der Waals surface area (Å²) in [7, 11) is 2.07. The maximum Gasteiger partial charge on any atom is 0.120 e. The average Bonchev–Trinajstić information content (AvgIpc) is 2.98. The topological polar surface area (TPSA) is 54.4 Å². The summed E-state index contributed by atoms with van der Waals surface area (Å²) in [5.41, 5.74) is 12.5. The van der Waals surface area contributed by atoms with Gasteiger partial charge in [0, 0.05) is 52.8 Å². The van der Waals surface area contributed by atoms with Crippen molar-refractivity contribution in [1.29, 1.82) is 0 Å². The zero-order valence-corrected chi connectivity index (χ0v) is 18.6. The standard InChI is InChI=1S/C24H29N3OS/c1-7-17-10-19(22(25)12-24(17)28)15(4)27(16(5)29)18-8-9-23-20(11-18)21(14(2)3)13-26(23)6/h8-14,28H,4,7,25H2,1-3,5-6H3. The molecule has 0 unspecified atom stereocenters. The number of fused-ring (bicyclic) bond motifs is 1. The Hall–Kier alpha value is -2.79. The fourth-order valence-corrected chi connectivity index (χ4v) is 4.06. The number of thiocarbonyl (C=S) groups is 1. The molecule has 0 spiro atoms. The van der Waals surface area contributed by atoms with Gasteiger partial charge in [-0.3, -0.25) is 0 Å². The van der Waals surface area contributed by atoms with Crippen LogP contribution in [-0.4, -0.2) is 14.7 Å². The first-order chi connectivity index (χ1) is 13.6. The van der Waals surface area contributed by atoms with Crippen molar-refractivity contribution >= 4 is 45.2 Å². The molecule has 0 amide bonds. The summed E-state index contributed by atoms with van der Waals surface area (Å²) >= 11 is 5.59. The van der Waals surface area contributed by atoms with E-state index in [4.69, 9.17) is 18.0 Å². The van der Waals surface area contributed by atoms with Crippen molar-refractivity contribution in [2.75, 3.05) is 10.6 Å². The van der Waals surface area contributed by atoms with Crippen LogP contribution in [0.25, 0.3) is 16.6 Å². The van der Waals surface area contributed by atoms with Gasteiger partial charge in [0.2, 0.25) is 0 Å². The Bertz CT molecular complexity index is 1110. The molecule has 5 heteroatoms. The highest BCUT2D eigenvalue weighted by molar-refractivity contribution is 7.80. The number of aryl methyl sites for hydroxylation is 2. The molecule has 4 nitrogen and oxygen atoms in total. The lowest BCUT2D eigenvalue weighted by Crippen LogP contribution is -2.25. The number of anilines is 2. The van der Waals surface area contributed by atoms with Gasteiger partial charge in [-0.15, -0.1) is 0 Å². The SMILES string of the molecule is C=C(c1cc(CC)c(O)cc1N)N(C(C)=S)c1ccc2c(c1)c(C(C)C)cn2C. The summed E-state index contributed by atoms with van der Waals surface area (Å²) in [6, 6.07) is 9.84. The number of benzene rings is 2. The normalized spacial score (nSPS) is 11.2. The minimum atomic E-state index is 0.208. The molecule has 0 saturated carbocycles. The monoisotopic (exact) mass is 407 g/mol. The van der Waals surface area contributed by atoms with Gasteiger partial charge in [-0.05, 0) is 54.7 Å². The van der Waals surface area contributed by atoms with Crippen molar-refractivity contribution in [2.24, 2.45) is 7.05 Å². The van der Waals surface area contributed by atoms with Gasteiger partial charge >= 0.3 is 0 Å². The third-order valence-corrected chi connectivity index (χ3v) is 5.59. The number of aromatic nitrogens is 1. The molecule has 0 fully saturated rings. The summed E-state index contributed by atoms with van der Waals surface area (Å²) in [6.45, 7) is 12.6. The number of phenols is 1. The Morgan fingerprint density at radius 2 is 1.97 bits per heavy atom. The maximum absolute atomic E-state index is 10.1. The predicted octanol–water partition coefficient (Wildman–Crippen LogP) is 5.98. The van der Waals surface area contributed by atoms with Gasteiger partial charge in [-0.2, -0.15) is 0 Å². The van der Waals surface area contributed by atoms with Crippen LogP contribution >= 0.6 is 12.2 Å². The molecular weight excluding hydrogens is 378 g/mol. The molecule has 3 rings (SSSR count). The first-order valence-electron chi connectivity index (χ1n) is 9.86. The minimum Gasteiger partial charge on any atom is -0.508 e. The quantitative estimate of drug-likeness (QED) is 0.404. The van der Waals surface area contributed by atoms with Crippen molar-refractivity contribution in [1.82, 2.24) is 4.57 Å². The van der Waals surface area contributed by atoms with E-state index in [0.717, 1.165) is 16.8 Å². The molecule has 0 atom stereocenters. The van der Waals surface area contributed by atoms with Crippen LogP contribution in [0.2, 0.25) is 0 Å². The van der Waals surface area contributed by atoms with Gasteiger partial charge in [0.05, 0.1) is 4.99 Å². The van der Waals surface area contributed by atoms with Crippen LogP contribution in [-0.2, 0) is 13.5 Å². The number of aromatic hydroxyl groups is 1. The second kappa shape index (κ2) is 7.91. The number of hydrogen-bond donors (Lipinski definition) is 2. The lowest BCUT2D eigenvalue weighted by atomic mass is 10.0. The maximum atomic E-state index is 10.1. The molecule has 0 aliphatic rings. The Labute approximate surface area is 178 Å². The zero-order valence-electron chi connectivity index (χ0n) is 17.8. The summed E-state index contributed by atoms with van der Waals surface area (Å²) in [5.74, 6) is 0.624. The number of nitrogens with zero attached hydrogens (tertiary/aromatic N) is 2. The highest BCUT2D eigenvalue weighted by Gasteiger charge is 2.20. The van der Waals surface area contributed by atoms with E-state index in [1.54, 1.807) is 6.07 Å². The molecule has 0 bridgehead atoms. The van der Waals surface area contributed by atoms with E-state index in [9.17, 15) is 5.11 Å². The van der Waals surface area contributed by atoms with Crippen LogP contribution < -0.4 is 10.6 Å². The highest BCUT2D eigenvalue weighted by atomic mass is 32.1. The van der Waals surface area contributed by atoms with Crippen molar-refractivity contribution in [3.05, 3.63) is 59.8 Å². The predicted molar refractivity (Wildman–Crippen MR) is 129 cm³/mol. The van der Waals surface area contributed by atoms with Crippen LogP contribution in [0, 0.1) is 0 Å². The van der Waals surface area contributed by atoms with Gasteiger partial charge in [-0.25, -0.2) is 0 Å². The summed E-state index contributed by atoms with van der Waals surface area (Å²) < 4.78 is 2.16. The summed E-state index contributed by atoms with van der Waals surface area (Å²) in [5, 5.41) is 11.3. The van der Waals surface area contributed by atoms with E-state index in [1.165, 1.54) is 16.5 Å². The van der Waals surface area contributed by atoms with Crippen LogP contribution in [0.1, 0.15) is 50.3 Å². The van der Waals surface area contributed by atoms with Crippen molar-refractivity contribution < 1.29 is 5.11 Å². The van der Waals surface area contributed by atoms with Gasteiger partial charge in [0.15, 0.2) is 0 Å². The molecule has 0 aliphatic carbocycles. The second-order valence-electron chi connectivity index (χ2n) is 7.77. The number of hydrogen-bond acceptors (Lipinski definition) is 3. The molecule has 0 saturated heterocycles. The number of nitrogen functional groups attached to an aromatic ring is 1. The van der Waals surface area contributed by atoms with E-state index in [1.807, 2.05) is 24.8 Å². The van der Waals surface area contributed by atoms with Crippen LogP contribution in [0.5, 0.6) is 5.75 Å². The number of rotatable bonds is 5.